The van der Waals surface area contributed by atoms with Gasteiger partial charge in [0.2, 0.25) is 0 Å². The molecular formula is C16H28. The van der Waals surface area contributed by atoms with E-state index in [2.05, 4.69) is 27.7 Å². The van der Waals surface area contributed by atoms with Crippen molar-refractivity contribution in [3.63, 3.8) is 0 Å². The smallest absolute Gasteiger partial charge is 0.0284 e. The maximum absolute atomic E-state index is 2.59. The quantitative estimate of drug-likeness (QED) is 0.602. The van der Waals surface area contributed by atoms with Gasteiger partial charge in [-0.1, -0.05) is 40.5 Å². The Balaban J connectivity index is 2.06. The zero-order valence-corrected chi connectivity index (χ0v) is 11.7. The minimum Gasteiger partial charge on any atom is -0.0649 e. The first-order chi connectivity index (χ1) is 7.36. The van der Waals surface area contributed by atoms with Gasteiger partial charge in [-0.15, -0.1) is 0 Å². The summed E-state index contributed by atoms with van der Waals surface area (Å²) in [6.07, 6.45) is 12.1. The molecule has 4 aliphatic rings. The van der Waals surface area contributed by atoms with E-state index in [9.17, 15) is 0 Å². The summed E-state index contributed by atoms with van der Waals surface area (Å²) in [7, 11) is 0. The topological polar surface area (TPSA) is 0 Å². The molecule has 0 aromatic heterocycles. The summed E-state index contributed by atoms with van der Waals surface area (Å²) in [5.74, 6) is 0. The molecule has 0 heteroatoms. The van der Waals surface area contributed by atoms with Crippen LogP contribution in [-0.2, 0) is 0 Å². The van der Waals surface area contributed by atoms with E-state index in [-0.39, 0.29) is 0 Å². The lowest BCUT2D eigenvalue weighted by molar-refractivity contribution is -0.191. The lowest BCUT2D eigenvalue weighted by Gasteiger charge is -2.70. The first kappa shape index (κ1) is 11.1. The molecule has 92 valence electrons. The Morgan fingerprint density at radius 3 is 1.31 bits per heavy atom. The van der Waals surface area contributed by atoms with Crippen LogP contribution in [0.25, 0.3) is 0 Å². The highest BCUT2D eigenvalue weighted by molar-refractivity contribution is 5.14. The van der Waals surface area contributed by atoms with E-state index in [1.807, 2.05) is 0 Å². The maximum Gasteiger partial charge on any atom is -0.0284 e. The van der Waals surface area contributed by atoms with Crippen molar-refractivity contribution in [3.8, 4) is 0 Å². The van der Waals surface area contributed by atoms with Gasteiger partial charge in [0.25, 0.3) is 0 Å². The van der Waals surface area contributed by atoms with E-state index in [4.69, 9.17) is 0 Å². The van der Waals surface area contributed by atoms with Crippen molar-refractivity contribution < 1.29 is 0 Å². The summed E-state index contributed by atoms with van der Waals surface area (Å²) >= 11 is 0. The molecule has 0 radical (unpaired) electrons. The Kier molecular flexibility index (Phi) is 1.99. The maximum atomic E-state index is 2.59. The Bertz CT molecular complexity index is 270. The van der Waals surface area contributed by atoms with E-state index in [0.29, 0.717) is 10.8 Å². The van der Waals surface area contributed by atoms with Crippen molar-refractivity contribution in [1.29, 1.82) is 0 Å². The molecule has 4 rings (SSSR count). The fourth-order valence-corrected chi connectivity index (χ4v) is 6.95. The molecule has 4 fully saturated rings. The summed E-state index contributed by atoms with van der Waals surface area (Å²) in [5.41, 5.74) is 2.84. The minimum absolute atomic E-state index is 0.690. The lowest BCUT2D eigenvalue weighted by atomic mass is 9.35. The highest BCUT2D eigenvalue weighted by Crippen LogP contribution is 2.75. The predicted octanol–water partition coefficient (Wildman–Crippen LogP) is 5.17. The average molecular weight is 220 g/mol. The van der Waals surface area contributed by atoms with E-state index < -0.39 is 0 Å². The van der Waals surface area contributed by atoms with Gasteiger partial charge in [-0.25, -0.2) is 0 Å². The second-order valence-electron chi connectivity index (χ2n) is 8.39. The molecule has 0 amide bonds. The Hall–Kier alpha value is 0. The van der Waals surface area contributed by atoms with Crippen LogP contribution in [0.5, 0.6) is 0 Å². The van der Waals surface area contributed by atoms with Crippen LogP contribution in [0.1, 0.15) is 79.1 Å². The van der Waals surface area contributed by atoms with Gasteiger partial charge in [-0.2, -0.15) is 0 Å². The lowest BCUT2D eigenvalue weighted by Crippen LogP contribution is -2.59. The normalized spacial score (nSPS) is 59.2. The highest BCUT2D eigenvalue weighted by Gasteiger charge is 2.63. The summed E-state index contributed by atoms with van der Waals surface area (Å²) < 4.78 is 0. The summed E-state index contributed by atoms with van der Waals surface area (Å²) in [6, 6.07) is 0. The van der Waals surface area contributed by atoms with E-state index in [0.717, 1.165) is 10.8 Å². The molecule has 0 heterocycles. The van der Waals surface area contributed by atoms with E-state index in [1.54, 1.807) is 6.42 Å². The summed E-state index contributed by atoms with van der Waals surface area (Å²) in [6.45, 7) is 10.1. The SMILES string of the molecule is CCC12CC3(C)CC(C)(C1)CC(CC)(C3)C2. The van der Waals surface area contributed by atoms with Crippen LogP contribution in [0.3, 0.4) is 0 Å². The van der Waals surface area contributed by atoms with Crippen molar-refractivity contribution >= 4 is 0 Å². The standard InChI is InChI=1S/C16H28/c1-5-15-8-13(3)7-14(4,9-15)11-16(6-2,10-13)12-15/h5-12H2,1-4H3. The van der Waals surface area contributed by atoms with Gasteiger partial charge < -0.3 is 0 Å². The van der Waals surface area contributed by atoms with Crippen molar-refractivity contribution in [2.45, 2.75) is 79.1 Å². The van der Waals surface area contributed by atoms with Gasteiger partial charge in [-0.05, 0) is 60.2 Å². The molecule has 0 spiro atoms. The molecule has 0 aromatic rings. The van der Waals surface area contributed by atoms with Crippen LogP contribution in [0, 0.1) is 21.7 Å². The summed E-state index contributed by atoms with van der Waals surface area (Å²) in [4.78, 5) is 0. The molecule has 16 heavy (non-hydrogen) atoms. The van der Waals surface area contributed by atoms with Gasteiger partial charge in [0.05, 0.1) is 0 Å². The molecule has 4 bridgehead atoms. The van der Waals surface area contributed by atoms with Crippen molar-refractivity contribution in [3.05, 3.63) is 0 Å². The third-order valence-corrected chi connectivity index (χ3v) is 6.31. The molecule has 0 aliphatic heterocycles. The second-order valence-corrected chi connectivity index (χ2v) is 8.39. The van der Waals surface area contributed by atoms with Gasteiger partial charge >= 0.3 is 0 Å². The molecule has 0 unspecified atom stereocenters. The van der Waals surface area contributed by atoms with Gasteiger partial charge in [0.15, 0.2) is 0 Å². The average Bonchev–Trinajstić information content (AvgIpc) is 2.12. The van der Waals surface area contributed by atoms with E-state index >= 15 is 0 Å². The molecule has 0 aromatic carbocycles. The third kappa shape index (κ3) is 1.34. The van der Waals surface area contributed by atoms with E-state index in [1.165, 1.54) is 44.9 Å². The Morgan fingerprint density at radius 2 is 1.00 bits per heavy atom. The fraction of sp³-hybridized carbons (Fsp3) is 1.00. The predicted molar refractivity (Wildman–Crippen MR) is 69.4 cm³/mol. The molecular weight excluding hydrogens is 192 g/mol. The van der Waals surface area contributed by atoms with Crippen LogP contribution in [0.2, 0.25) is 0 Å². The molecule has 0 nitrogen and oxygen atoms in total. The van der Waals surface area contributed by atoms with Crippen molar-refractivity contribution in [2.75, 3.05) is 0 Å². The van der Waals surface area contributed by atoms with Crippen LogP contribution in [0.4, 0.5) is 0 Å². The zero-order chi connectivity index (χ0) is 11.7. The first-order valence-corrected chi connectivity index (χ1v) is 7.36. The number of hydrogen-bond acceptors (Lipinski definition) is 0. The second kappa shape index (κ2) is 2.87. The minimum atomic E-state index is 0.690. The first-order valence-electron chi connectivity index (χ1n) is 7.36. The Labute approximate surface area is 101 Å². The molecule has 0 atom stereocenters. The van der Waals surface area contributed by atoms with Crippen LogP contribution >= 0.6 is 0 Å². The zero-order valence-electron chi connectivity index (χ0n) is 11.7. The molecule has 4 aliphatic carbocycles. The van der Waals surface area contributed by atoms with Crippen LogP contribution in [-0.4, -0.2) is 0 Å². The van der Waals surface area contributed by atoms with Gasteiger partial charge in [0.1, 0.15) is 0 Å². The van der Waals surface area contributed by atoms with Gasteiger partial charge in [0, 0.05) is 0 Å². The monoisotopic (exact) mass is 220 g/mol. The number of rotatable bonds is 2. The summed E-state index contributed by atoms with van der Waals surface area (Å²) in [5, 5.41) is 0. The fourth-order valence-electron chi connectivity index (χ4n) is 6.95. The molecule has 0 saturated heterocycles. The number of hydrogen-bond donors (Lipinski definition) is 0. The molecule has 4 saturated carbocycles. The third-order valence-electron chi connectivity index (χ3n) is 6.31. The highest BCUT2D eigenvalue weighted by atomic mass is 14.7. The van der Waals surface area contributed by atoms with Crippen LogP contribution in [0.15, 0.2) is 0 Å². The Morgan fingerprint density at radius 1 is 0.625 bits per heavy atom. The van der Waals surface area contributed by atoms with Gasteiger partial charge in [-0.3, -0.25) is 0 Å². The van der Waals surface area contributed by atoms with Crippen LogP contribution < -0.4 is 0 Å². The van der Waals surface area contributed by atoms with Crippen molar-refractivity contribution in [2.24, 2.45) is 21.7 Å². The largest absolute Gasteiger partial charge is 0.0649 e. The van der Waals surface area contributed by atoms with Crippen molar-refractivity contribution in [1.82, 2.24) is 0 Å². The molecule has 0 N–H and O–H groups in total.